The van der Waals surface area contributed by atoms with Crippen LogP contribution >= 0.6 is 11.6 Å². The molecule has 0 amide bonds. The number of hydrogen-bond donors (Lipinski definition) is 1. The van der Waals surface area contributed by atoms with Crippen molar-refractivity contribution in [3.63, 3.8) is 0 Å². The Morgan fingerprint density at radius 1 is 1.21 bits per heavy atom. The van der Waals surface area contributed by atoms with E-state index in [4.69, 9.17) is 11.6 Å². The van der Waals surface area contributed by atoms with Crippen molar-refractivity contribution in [2.45, 2.75) is 18.8 Å². The van der Waals surface area contributed by atoms with Crippen LogP contribution in [0.3, 0.4) is 0 Å². The van der Waals surface area contributed by atoms with Crippen LogP contribution in [0.1, 0.15) is 17.9 Å². The molecular weight excluding hydrogens is 260 g/mol. The monoisotopic (exact) mass is 276 g/mol. The predicted octanol–water partition coefficient (Wildman–Crippen LogP) is 3.26. The van der Waals surface area contributed by atoms with Gasteiger partial charge in [-0.15, -0.1) is 11.6 Å². The van der Waals surface area contributed by atoms with Crippen LogP contribution in [0.5, 0.6) is 0 Å². The van der Waals surface area contributed by atoms with E-state index >= 15 is 0 Å². The Labute approximate surface area is 117 Å². The van der Waals surface area contributed by atoms with E-state index in [2.05, 4.69) is 5.32 Å². The van der Waals surface area contributed by atoms with Crippen LogP contribution in [0.2, 0.25) is 0 Å². The molecule has 0 radical (unpaired) electrons. The number of nitrogens with one attached hydrogen (secondary N) is 1. The highest BCUT2D eigenvalue weighted by Crippen LogP contribution is 2.26. The van der Waals surface area contributed by atoms with Crippen molar-refractivity contribution in [2.75, 3.05) is 11.9 Å². The maximum Gasteiger partial charge on any atom is 0.250 e. The van der Waals surface area contributed by atoms with Crippen LogP contribution in [0.4, 0.5) is 5.69 Å². The predicted molar refractivity (Wildman–Crippen MR) is 79.9 cm³/mol. The molecule has 2 aromatic rings. The van der Waals surface area contributed by atoms with E-state index in [1.807, 2.05) is 37.3 Å². The van der Waals surface area contributed by atoms with Gasteiger partial charge < -0.3 is 9.88 Å². The highest BCUT2D eigenvalue weighted by Gasteiger charge is 2.06. The van der Waals surface area contributed by atoms with E-state index < -0.39 is 0 Å². The third kappa shape index (κ3) is 3.61. The Bertz CT molecular complexity index is 592. The molecule has 1 aromatic carbocycles. The zero-order valence-corrected chi connectivity index (χ0v) is 11.6. The van der Waals surface area contributed by atoms with Crippen LogP contribution in [-0.4, -0.2) is 11.1 Å². The largest absolute Gasteiger partial charge is 0.383 e. The van der Waals surface area contributed by atoms with Crippen molar-refractivity contribution in [3.05, 3.63) is 64.6 Å². The van der Waals surface area contributed by atoms with Crippen molar-refractivity contribution in [3.8, 4) is 0 Å². The molecule has 0 spiro atoms. The van der Waals surface area contributed by atoms with Crippen LogP contribution in [0.15, 0.2) is 53.5 Å². The van der Waals surface area contributed by atoms with E-state index in [1.54, 1.807) is 22.9 Å². The van der Waals surface area contributed by atoms with E-state index in [9.17, 15) is 4.79 Å². The molecule has 0 aliphatic carbocycles. The average Bonchev–Trinajstić information content (AvgIpc) is 2.41. The zero-order valence-electron chi connectivity index (χ0n) is 10.8. The van der Waals surface area contributed by atoms with Gasteiger partial charge in [0.2, 0.25) is 0 Å². The molecule has 0 bridgehead atoms. The van der Waals surface area contributed by atoms with E-state index in [0.717, 1.165) is 11.3 Å². The molecule has 100 valence electrons. The van der Waals surface area contributed by atoms with Crippen LogP contribution < -0.4 is 10.9 Å². The number of benzene rings is 1. The van der Waals surface area contributed by atoms with Crippen molar-refractivity contribution in [1.29, 1.82) is 0 Å². The van der Waals surface area contributed by atoms with Crippen molar-refractivity contribution < 1.29 is 0 Å². The summed E-state index contributed by atoms with van der Waals surface area (Å²) in [5.74, 6) is 0. The molecule has 0 saturated carbocycles. The molecule has 4 heteroatoms. The third-order valence-electron chi connectivity index (χ3n) is 2.96. The number of alkyl halides is 1. The first-order valence-corrected chi connectivity index (χ1v) is 6.74. The smallest absolute Gasteiger partial charge is 0.250 e. The Morgan fingerprint density at radius 2 is 1.95 bits per heavy atom. The maximum atomic E-state index is 11.6. The Balaban J connectivity index is 2.00. The van der Waals surface area contributed by atoms with E-state index in [-0.39, 0.29) is 10.9 Å². The summed E-state index contributed by atoms with van der Waals surface area (Å²) < 4.78 is 1.68. The molecular formula is C15H17ClN2O. The third-order valence-corrected chi connectivity index (χ3v) is 3.19. The Morgan fingerprint density at radius 3 is 2.68 bits per heavy atom. The number of pyridine rings is 1. The molecule has 0 fully saturated rings. The van der Waals surface area contributed by atoms with Gasteiger partial charge in [-0.2, -0.15) is 0 Å². The maximum absolute atomic E-state index is 11.6. The summed E-state index contributed by atoms with van der Waals surface area (Å²) in [6.45, 7) is 3.26. The normalized spacial score (nSPS) is 12.1. The zero-order chi connectivity index (χ0) is 13.7. The molecule has 0 aliphatic rings. The fraction of sp³-hybridized carbons (Fsp3) is 0.267. The second-order valence-electron chi connectivity index (χ2n) is 4.36. The first kappa shape index (κ1) is 13.7. The standard InChI is InChI=1S/C15H17ClN2O/c1-12(16)13-6-2-3-7-14(13)17-9-11-18-10-5-4-8-15(18)19/h2-8,10,12,17H,9,11H2,1H3. The number of rotatable bonds is 5. The van der Waals surface area contributed by atoms with E-state index in [0.29, 0.717) is 13.1 Å². The summed E-state index contributed by atoms with van der Waals surface area (Å²) in [6, 6.07) is 13.1. The second kappa shape index (κ2) is 6.43. The van der Waals surface area contributed by atoms with E-state index in [1.165, 1.54) is 0 Å². The summed E-state index contributed by atoms with van der Waals surface area (Å²) in [6.07, 6.45) is 1.79. The Hall–Kier alpha value is -1.74. The van der Waals surface area contributed by atoms with Gasteiger partial charge in [0, 0.05) is 31.0 Å². The summed E-state index contributed by atoms with van der Waals surface area (Å²) in [4.78, 5) is 11.6. The van der Waals surface area contributed by atoms with Crippen LogP contribution in [0.25, 0.3) is 0 Å². The molecule has 3 nitrogen and oxygen atoms in total. The van der Waals surface area contributed by atoms with Crippen molar-refractivity contribution >= 4 is 17.3 Å². The molecule has 1 N–H and O–H groups in total. The molecule has 0 aliphatic heterocycles. The van der Waals surface area contributed by atoms with Gasteiger partial charge in [0.15, 0.2) is 0 Å². The highest BCUT2D eigenvalue weighted by atomic mass is 35.5. The summed E-state index contributed by atoms with van der Waals surface area (Å²) in [7, 11) is 0. The first-order valence-electron chi connectivity index (χ1n) is 6.31. The quantitative estimate of drug-likeness (QED) is 0.851. The number of hydrogen-bond acceptors (Lipinski definition) is 2. The van der Waals surface area contributed by atoms with Gasteiger partial charge in [-0.25, -0.2) is 0 Å². The van der Waals surface area contributed by atoms with Crippen LogP contribution in [0, 0.1) is 0 Å². The minimum Gasteiger partial charge on any atom is -0.383 e. The van der Waals surface area contributed by atoms with Gasteiger partial charge in [-0.3, -0.25) is 4.79 Å². The molecule has 19 heavy (non-hydrogen) atoms. The van der Waals surface area contributed by atoms with Crippen molar-refractivity contribution in [1.82, 2.24) is 4.57 Å². The van der Waals surface area contributed by atoms with Gasteiger partial charge in [-0.05, 0) is 24.6 Å². The summed E-state index contributed by atoms with van der Waals surface area (Å²) in [5.41, 5.74) is 2.11. The topological polar surface area (TPSA) is 34.0 Å². The van der Waals surface area contributed by atoms with Crippen LogP contribution in [-0.2, 0) is 6.54 Å². The average molecular weight is 277 g/mol. The molecule has 1 aromatic heterocycles. The Kier molecular flexibility index (Phi) is 4.63. The van der Waals surface area contributed by atoms with Crippen molar-refractivity contribution in [2.24, 2.45) is 0 Å². The number of anilines is 1. The van der Waals surface area contributed by atoms with Gasteiger partial charge in [-0.1, -0.05) is 24.3 Å². The highest BCUT2D eigenvalue weighted by molar-refractivity contribution is 6.21. The van der Waals surface area contributed by atoms with Gasteiger partial charge in [0.05, 0.1) is 5.38 Å². The molecule has 0 saturated heterocycles. The molecule has 1 atom stereocenters. The lowest BCUT2D eigenvalue weighted by molar-refractivity contribution is 0.697. The minimum absolute atomic E-state index is 0.0169. The van der Waals surface area contributed by atoms with Gasteiger partial charge in [0.25, 0.3) is 5.56 Å². The molecule has 1 unspecified atom stereocenters. The number of nitrogens with zero attached hydrogens (tertiary/aromatic N) is 1. The lowest BCUT2D eigenvalue weighted by Crippen LogP contribution is -2.22. The lowest BCUT2D eigenvalue weighted by atomic mass is 10.1. The fourth-order valence-electron chi connectivity index (χ4n) is 1.96. The number of aromatic nitrogens is 1. The minimum atomic E-state index is -0.0388. The SMILES string of the molecule is CC(Cl)c1ccccc1NCCn1ccccc1=O. The first-order chi connectivity index (χ1) is 9.18. The molecule has 1 heterocycles. The lowest BCUT2D eigenvalue weighted by Gasteiger charge is -2.14. The number of halogens is 1. The second-order valence-corrected chi connectivity index (χ2v) is 5.02. The fourth-order valence-corrected chi connectivity index (χ4v) is 2.15. The molecule has 2 rings (SSSR count). The summed E-state index contributed by atoms with van der Waals surface area (Å²) in [5, 5.41) is 3.29. The van der Waals surface area contributed by atoms with Gasteiger partial charge in [0.1, 0.15) is 0 Å². The van der Waals surface area contributed by atoms with Gasteiger partial charge >= 0.3 is 0 Å². The number of para-hydroxylation sites is 1. The summed E-state index contributed by atoms with van der Waals surface area (Å²) >= 11 is 6.13.